The van der Waals surface area contributed by atoms with Crippen LogP contribution in [-0.2, 0) is 4.79 Å². The third kappa shape index (κ3) is 5.19. The fourth-order valence-corrected chi connectivity index (χ4v) is 2.11. The van der Waals surface area contributed by atoms with E-state index >= 15 is 0 Å². The molecule has 1 aromatic carbocycles. The highest BCUT2D eigenvalue weighted by Gasteiger charge is 2.23. The number of benzene rings is 1. The predicted octanol–water partition coefficient (Wildman–Crippen LogP) is 1.91. The van der Waals surface area contributed by atoms with Gasteiger partial charge in [-0.25, -0.2) is 0 Å². The molecule has 1 aliphatic carbocycles. The maximum absolute atomic E-state index is 11.8. The van der Waals surface area contributed by atoms with Crippen LogP contribution in [0, 0.1) is 0 Å². The van der Waals surface area contributed by atoms with Crippen LogP contribution in [0.3, 0.4) is 0 Å². The molecule has 0 aliphatic heterocycles. The zero-order valence-corrected chi connectivity index (χ0v) is 12.6. The Morgan fingerprint density at radius 1 is 1.24 bits per heavy atom. The Kier molecular flexibility index (Phi) is 5.33. The van der Waals surface area contributed by atoms with Gasteiger partial charge in [-0.3, -0.25) is 9.59 Å². The van der Waals surface area contributed by atoms with Crippen LogP contribution in [-0.4, -0.2) is 30.4 Å². The third-order valence-electron chi connectivity index (χ3n) is 3.39. The van der Waals surface area contributed by atoms with Gasteiger partial charge in [0.15, 0.2) is 0 Å². The molecule has 0 heterocycles. The van der Waals surface area contributed by atoms with E-state index in [1.165, 1.54) is 0 Å². The molecule has 2 rings (SSSR count). The van der Waals surface area contributed by atoms with Gasteiger partial charge in [0, 0.05) is 29.8 Å². The van der Waals surface area contributed by atoms with Crippen molar-refractivity contribution in [3.8, 4) is 0 Å². The molecule has 0 aromatic heterocycles. The summed E-state index contributed by atoms with van der Waals surface area (Å²) in [6.07, 6.45) is 2.57. The Labute approximate surface area is 125 Å². The first-order valence-electron chi connectivity index (χ1n) is 7.52. The number of nitrogens with one attached hydrogen (secondary N) is 3. The summed E-state index contributed by atoms with van der Waals surface area (Å²) in [5.74, 6) is -0.0743. The summed E-state index contributed by atoms with van der Waals surface area (Å²) in [6.45, 7) is 4.84. The van der Waals surface area contributed by atoms with Gasteiger partial charge in [-0.2, -0.15) is 0 Å². The lowest BCUT2D eigenvalue weighted by Gasteiger charge is -2.12. The molecule has 21 heavy (non-hydrogen) atoms. The van der Waals surface area contributed by atoms with E-state index in [-0.39, 0.29) is 17.9 Å². The van der Waals surface area contributed by atoms with Gasteiger partial charge in [-0.1, -0.05) is 6.92 Å². The molecule has 0 spiro atoms. The Balaban J connectivity index is 1.83. The Morgan fingerprint density at radius 3 is 2.48 bits per heavy atom. The minimum Gasteiger partial charge on any atom is -0.349 e. The monoisotopic (exact) mass is 289 g/mol. The molecule has 1 aromatic rings. The lowest BCUT2D eigenvalue weighted by Crippen LogP contribution is -2.30. The molecular formula is C16H23N3O2. The summed E-state index contributed by atoms with van der Waals surface area (Å²) in [5, 5.41) is 8.97. The first-order chi connectivity index (χ1) is 10.1. The van der Waals surface area contributed by atoms with Crippen molar-refractivity contribution in [1.82, 2.24) is 10.6 Å². The van der Waals surface area contributed by atoms with Crippen LogP contribution in [0.1, 0.15) is 43.5 Å². The highest BCUT2D eigenvalue weighted by molar-refractivity contribution is 5.96. The van der Waals surface area contributed by atoms with Gasteiger partial charge in [-0.05, 0) is 50.6 Å². The summed E-state index contributed by atoms with van der Waals surface area (Å²) in [6, 6.07) is 7.50. The molecule has 1 aliphatic rings. The lowest BCUT2D eigenvalue weighted by molar-refractivity contribution is -0.116. The molecule has 0 bridgehead atoms. The van der Waals surface area contributed by atoms with E-state index < -0.39 is 0 Å². The average molecular weight is 289 g/mol. The molecule has 1 fully saturated rings. The maximum atomic E-state index is 11.8. The highest BCUT2D eigenvalue weighted by Crippen LogP contribution is 2.19. The van der Waals surface area contributed by atoms with E-state index in [0.717, 1.165) is 19.4 Å². The first-order valence-corrected chi connectivity index (χ1v) is 7.52. The van der Waals surface area contributed by atoms with Crippen LogP contribution in [0.2, 0.25) is 0 Å². The quantitative estimate of drug-likeness (QED) is 0.718. The number of carbonyl (C=O) groups excluding carboxylic acids is 2. The molecule has 3 N–H and O–H groups in total. The van der Waals surface area contributed by atoms with Crippen molar-refractivity contribution in [2.45, 2.75) is 45.2 Å². The summed E-state index contributed by atoms with van der Waals surface area (Å²) in [4.78, 5) is 23.7. The number of hydrogen-bond donors (Lipinski definition) is 3. The zero-order chi connectivity index (χ0) is 15.2. The number of hydrogen-bond acceptors (Lipinski definition) is 3. The maximum Gasteiger partial charge on any atom is 0.251 e. The standard InChI is InChI=1S/C16H23N3O2/c1-3-17-11(2)10-15(20)18-13-6-4-12(5-7-13)16(21)19-14-8-9-14/h4-7,11,14,17H,3,8-10H2,1-2H3,(H,18,20)(H,19,21). The molecule has 1 saturated carbocycles. The number of rotatable bonds is 7. The predicted molar refractivity (Wildman–Crippen MR) is 83.3 cm³/mol. The summed E-state index contributed by atoms with van der Waals surface area (Å²) >= 11 is 0. The van der Waals surface area contributed by atoms with E-state index in [2.05, 4.69) is 16.0 Å². The minimum absolute atomic E-state index is 0.0290. The van der Waals surface area contributed by atoms with Crippen LogP contribution in [0.15, 0.2) is 24.3 Å². The van der Waals surface area contributed by atoms with E-state index in [1.54, 1.807) is 24.3 Å². The highest BCUT2D eigenvalue weighted by atomic mass is 16.2. The van der Waals surface area contributed by atoms with Crippen LogP contribution >= 0.6 is 0 Å². The van der Waals surface area contributed by atoms with E-state index in [1.807, 2.05) is 13.8 Å². The second-order valence-electron chi connectivity index (χ2n) is 5.54. The SMILES string of the molecule is CCNC(C)CC(=O)Nc1ccc(C(=O)NC2CC2)cc1. The largest absolute Gasteiger partial charge is 0.349 e. The molecule has 2 amide bonds. The summed E-state index contributed by atoms with van der Waals surface area (Å²) in [7, 11) is 0. The van der Waals surface area contributed by atoms with Crippen molar-refractivity contribution >= 4 is 17.5 Å². The summed E-state index contributed by atoms with van der Waals surface area (Å²) < 4.78 is 0. The van der Waals surface area contributed by atoms with Crippen molar-refractivity contribution in [1.29, 1.82) is 0 Å². The van der Waals surface area contributed by atoms with E-state index in [0.29, 0.717) is 23.7 Å². The van der Waals surface area contributed by atoms with Crippen LogP contribution in [0.4, 0.5) is 5.69 Å². The molecule has 5 nitrogen and oxygen atoms in total. The van der Waals surface area contributed by atoms with Crippen LogP contribution in [0.25, 0.3) is 0 Å². The van der Waals surface area contributed by atoms with E-state index in [9.17, 15) is 9.59 Å². The average Bonchev–Trinajstić information content (AvgIpc) is 3.23. The smallest absolute Gasteiger partial charge is 0.251 e. The fraction of sp³-hybridized carbons (Fsp3) is 0.500. The number of anilines is 1. The Morgan fingerprint density at radius 2 is 1.90 bits per heavy atom. The molecular weight excluding hydrogens is 266 g/mol. The lowest BCUT2D eigenvalue weighted by atomic mass is 10.1. The minimum atomic E-state index is -0.0452. The normalized spacial score (nSPS) is 15.3. The van der Waals surface area contributed by atoms with Gasteiger partial charge in [0.1, 0.15) is 0 Å². The second kappa shape index (κ2) is 7.22. The fourth-order valence-electron chi connectivity index (χ4n) is 2.11. The van der Waals surface area contributed by atoms with Crippen molar-refractivity contribution in [2.75, 3.05) is 11.9 Å². The van der Waals surface area contributed by atoms with Gasteiger partial charge >= 0.3 is 0 Å². The third-order valence-corrected chi connectivity index (χ3v) is 3.39. The number of amides is 2. The Bertz CT molecular complexity index is 495. The van der Waals surface area contributed by atoms with Gasteiger partial charge in [0.05, 0.1) is 0 Å². The van der Waals surface area contributed by atoms with Gasteiger partial charge < -0.3 is 16.0 Å². The van der Waals surface area contributed by atoms with Crippen molar-refractivity contribution in [2.24, 2.45) is 0 Å². The zero-order valence-electron chi connectivity index (χ0n) is 12.6. The second-order valence-corrected chi connectivity index (χ2v) is 5.54. The Hall–Kier alpha value is -1.88. The molecule has 0 radical (unpaired) electrons. The molecule has 0 saturated heterocycles. The van der Waals surface area contributed by atoms with Gasteiger partial charge in [0.25, 0.3) is 5.91 Å². The summed E-state index contributed by atoms with van der Waals surface area (Å²) in [5.41, 5.74) is 1.34. The van der Waals surface area contributed by atoms with Crippen molar-refractivity contribution in [3.63, 3.8) is 0 Å². The molecule has 114 valence electrons. The van der Waals surface area contributed by atoms with Crippen LogP contribution in [0.5, 0.6) is 0 Å². The topological polar surface area (TPSA) is 70.2 Å². The molecule has 5 heteroatoms. The van der Waals surface area contributed by atoms with Gasteiger partial charge in [0.2, 0.25) is 5.91 Å². The van der Waals surface area contributed by atoms with Crippen LogP contribution < -0.4 is 16.0 Å². The molecule has 1 atom stereocenters. The first kappa shape index (κ1) is 15.5. The number of carbonyl (C=O) groups is 2. The van der Waals surface area contributed by atoms with Gasteiger partial charge in [-0.15, -0.1) is 0 Å². The van der Waals surface area contributed by atoms with Crippen molar-refractivity contribution in [3.05, 3.63) is 29.8 Å². The van der Waals surface area contributed by atoms with E-state index in [4.69, 9.17) is 0 Å². The van der Waals surface area contributed by atoms with Crippen molar-refractivity contribution < 1.29 is 9.59 Å². The molecule has 1 unspecified atom stereocenters.